The van der Waals surface area contributed by atoms with E-state index in [4.69, 9.17) is 14.4 Å². The van der Waals surface area contributed by atoms with Crippen LogP contribution in [-0.4, -0.2) is 15.0 Å². The first-order valence-electron chi connectivity index (χ1n) is 21.4. The summed E-state index contributed by atoms with van der Waals surface area (Å²) in [5.74, 6) is 1.30. The molecule has 0 unspecified atom stereocenters. The number of hydrogen-bond acceptors (Lipinski definition) is 4. The Hall–Kier alpha value is -5.22. The van der Waals surface area contributed by atoms with Crippen LogP contribution in [0.1, 0.15) is 116 Å². The molecule has 0 aliphatic heterocycles. The number of aryl methyl sites for hydroxylation is 4. The van der Waals surface area contributed by atoms with E-state index in [9.17, 15) is 0 Å². The second-order valence-corrected chi connectivity index (χ2v) is 17.1. The van der Waals surface area contributed by atoms with E-state index in [1.807, 2.05) is 18.3 Å². The molecule has 0 amide bonds. The summed E-state index contributed by atoms with van der Waals surface area (Å²) in [6.45, 7) is 17.6. The molecular weight excluding hydrogens is 911 g/mol. The molecule has 1 aliphatic rings. The van der Waals surface area contributed by atoms with E-state index in [0.29, 0.717) is 23.5 Å². The van der Waals surface area contributed by atoms with Crippen LogP contribution < -0.4 is 0 Å². The van der Waals surface area contributed by atoms with Gasteiger partial charge in [0.1, 0.15) is 0 Å². The van der Waals surface area contributed by atoms with Gasteiger partial charge in [0.05, 0.1) is 11.3 Å². The standard InChI is InChI=1S/C41H41N2O.C14H14N.Ir/c1-25(2)30-19-20-31(28-13-8-6-9-14-28)38(26(3)4)39(30)36-22-21-33-32-17-12-18-34(40(32)44-41(33)43-36)37-23-27(5)35(24-42-37)29-15-10-7-11-16-29;1-10-4-6-13(7-5-10)14-8-11(2)12(3)9-15-14;/h6,8-9,12-14,17,19-26,29H,7,10-11,15-16H2,1-5H3;4-6,8-9H,1-3H3;/q2*-1;. The van der Waals surface area contributed by atoms with Crippen molar-refractivity contribution in [2.45, 2.75) is 105 Å². The van der Waals surface area contributed by atoms with Crippen molar-refractivity contribution in [2.75, 3.05) is 0 Å². The zero-order valence-corrected chi connectivity index (χ0v) is 38.6. The topological polar surface area (TPSA) is 51.8 Å². The molecule has 1 fully saturated rings. The molecule has 4 heterocycles. The average Bonchev–Trinajstić information content (AvgIpc) is 3.63. The molecule has 0 saturated heterocycles. The van der Waals surface area contributed by atoms with Crippen LogP contribution in [0, 0.1) is 39.8 Å². The molecule has 1 saturated carbocycles. The van der Waals surface area contributed by atoms with Crippen molar-refractivity contribution in [1.29, 1.82) is 0 Å². The summed E-state index contributed by atoms with van der Waals surface area (Å²) in [5.41, 5.74) is 19.1. The zero-order valence-electron chi connectivity index (χ0n) is 36.2. The first-order valence-corrected chi connectivity index (χ1v) is 21.4. The molecule has 5 heteroatoms. The quantitative estimate of drug-likeness (QED) is 0.149. The summed E-state index contributed by atoms with van der Waals surface area (Å²) in [6, 6.07) is 40.9. The van der Waals surface area contributed by atoms with Gasteiger partial charge in [0.25, 0.3) is 0 Å². The molecule has 0 atom stereocenters. The van der Waals surface area contributed by atoms with E-state index in [1.54, 1.807) is 0 Å². The fourth-order valence-corrected chi connectivity index (χ4v) is 8.80. The van der Waals surface area contributed by atoms with Crippen molar-refractivity contribution in [1.82, 2.24) is 15.0 Å². The Morgan fingerprint density at radius 2 is 1.42 bits per heavy atom. The van der Waals surface area contributed by atoms with Gasteiger partial charge >= 0.3 is 0 Å². The number of pyridine rings is 3. The van der Waals surface area contributed by atoms with Gasteiger partial charge in [-0.15, -0.1) is 53.6 Å². The third-order valence-electron chi connectivity index (χ3n) is 12.2. The largest absolute Gasteiger partial charge is 0.486 e. The Morgan fingerprint density at radius 3 is 2.10 bits per heavy atom. The van der Waals surface area contributed by atoms with Gasteiger partial charge in [0.2, 0.25) is 5.71 Å². The van der Waals surface area contributed by atoms with Crippen LogP contribution in [0.4, 0.5) is 0 Å². The molecule has 1 aliphatic carbocycles. The zero-order chi connectivity index (χ0) is 41.2. The van der Waals surface area contributed by atoms with Gasteiger partial charge in [-0.2, -0.15) is 0 Å². The Bertz CT molecular complexity index is 2740. The van der Waals surface area contributed by atoms with Crippen LogP contribution in [0.2, 0.25) is 0 Å². The number of rotatable bonds is 7. The third kappa shape index (κ3) is 8.80. The summed E-state index contributed by atoms with van der Waals surface area (Å²) >= 11 is 0. The van der Waals surface area contributed by atoms with Crippen molar-refractivity contribution in [3.8, 4) is 44.9 Å². The fraction of sp³-hybridized carbons (Fsp3) is 0.291. The SMILES string of the molecule is Cc1c[c-]c(-c2cc(C)c(C)cn2)cc1.Cc1cc(-c2[c-]ccc3c2oc2nc(-c4c(C(C)C)ccc(-c5ccccc5)c4C(C)C)ccc23)ncc1C1CCCCC1.[Ir]. The molecule has 0 bridgehead atoms. The van der Waals surface area contributed by atoms with Gasteiger partial charge < -0.3 is 14.4 Å². The molecule has 60 heavy (non-hydrogen) atoms. The second-order valence-electron chi connectivity index (χ2n) is 17.1. The molecule has 1 radical (unpaired) electrons. The molecule has 4 aromatic heterocycles. The number of hydrogen-bond donors (Lipinski definition) is 0. The monoisotopic (exact) mass is 966 g/mol. The predicted octanol–water partition coefficient (Wildman–Crippen LogP) is 15.3. The van der Waals surface area contributed by atoms with E-state index in [2.05, 4.69) is 164 Å². The van der Waals surface area contributed by atoms with Gasteiger partial charge in [-0.1, -0.05) is 131 Å². The van der Waals surface area contributed by atoms with Crippen molar-refractivity contribution >= 4 is 22.1 Å². The predicted molar refractivity (Wildman–Crippen MR) is 246 cm³/mol. The first kappa shape index (κ1) is 42.9. The Labute approximate surface area is 370 Å². The summed E-state index contributed by atoms with van der Waals surface area (Å²) in [4.78, 5) is 14.6. The Kier molecular flexibility index (Phi) is 13.3. The van der Waals surface area contributed by atoms with E-state index in [0.717, 1.165) is 44.6 Å². The fourth-order valence-electron chi connectivity index (χ4n) is 8.80. The van der Waals surface area contributed by atoms with E-state index >= 15 is 0 Å². The Balaban J connectivity index is 0.000000287. The summed E-state index contributed by atoms with van der Waals surface area (Å²) in [5, 5.41) is 2.07. The maximum absolute atomic E-state index is 6.62. The van der Waals surface area contributed by atoms with Gasteiger partial charge in [-0.25, -0.2) is 4.98 Å². The normalized spacial score (nSPS) is 13.1. The van der Waals surface area contributed by atoms with E-state index in [-0.39, 0.29) is 20.1 Å². The minimum Gasteiger partial charge on any atom is -0.486 e. The van der Waals surface area contributed by atoms with E-state index < -0.39 is 0 Å². The smallest absolute Gasteiger partial charge is 0.216 e. The molecule has 8 aromatic rings. The summed E-state index contributed by atoms with van der Waals surface area (Å²) in [6.07, 6.45) is 10.6. The van der Waals surface area contributed by atoms with E-state index in [1.165, 1.54) is 87.7 Å². The number of nitrogens with zero attached hydrogens (tertiary/aromatic N) is 3. The average molecular weight is 966 g/mol. The van der Waals surface area contributed by atoms with Crippen LogP contribution in [-0.2, 0) is 20.1 Å². The number of fused-ring (bicyclic) bond motifs is 3. The van der Waals surface area contributed by atoms with Crippen LogP contribution in [0.3, 0.4) is 0 Å². The van der Waals surface area contributed by atoms with Crippen molar-refractivity contribution in [3.05, 3.63) is 161 Å². The summed E-state index contributed by atoms with van der Waals surface area (Å²) in [7, 11) is 0. The number of benzene rings is 4. The van der Waals surface area contributed by atoms with Gasteiger partial charge in [-0.3, -0.25) is 0 Å². The number of aromatic nitrogens is 3. The van der Waals surface area contributed by atoms with Crippen molar-refractivity contribution in [2.24, 2.45) is 0 Å². The maximum atomic E-state index is 6.62. The molecule has 307 valence electrons. The second kappa shape index (κ2) is 18.6. The van der Waals surface area contributed by atoms with Crippen molar-refractivity contribution < 1.29 is 24.5 Å². The Morgan fingerprint density at radius 1 is 0.667 bits per heavy atom. The minimum absolute atomic E-state index is 0. The third-order valence-corrected chi connectivity index (χ3v) is 12.2. The van der Waals surface area contributed by atoms with Gasteiger partial charge in [0, 0.05) is 43.4 Å². The van der Waals surface area contributed by atoms with Crippen LogP contribution in [0.25, 0.3) is 67.0 Å². The molecule has 4 nitrogen and oxygen atoms in total. The maximum Gasteiger partial charge on any atom is 0.216 e. The van der Waals surface area contributed by atoms with Crippen molar-refractivity contribution in [3.63, 3.8) is 0 Å². The van der Waals surface area contributed by atoms with Crippen LogP contribution in [0.5, 0.6) is 0 Å². The summed E-state index contributed by atoms with van der Waals surface area (Å²) < 4.78 is 6.62. The minimum atomic E-state index is 0. The van der Waals surface area contributed by atoms with Gasteiger partial charge in [0.15, 0.2) is 0 Å². The molecule has 0 N–H and O–H groups in total. The number of furan rings is 1. The first-order chi connectivity index (χ1) is 28.6. The van der Waals surface area contributed by atoms with Crippen LogP contribution >= 0.6 is 0 Å². The van der Waals surface area contributed by atoms with Gasteiger partial charge in [-0.05, 0) is 108 Å². The molecule has 0 spiro atoms. The molecule has 4 aromatic carbocycles. The molecular formula is C55H55IrN3O-2. The van der Waals surface area contributed by atoms with Crippen LogP contribution in [0.15, 0.2) is 114 Å². The molecule has 9 rings (SSSR count).